The normalized spacial score (nSPS) is 41.0. The zero-order chi connectivity index (χ0) is 22.8. The SMILES string of the molecule is Cc1ccc([C@@H]2CC3=CC(=O)CC[C@]3(C)C3C(=O)C[C@]4(C)[C@@H](CCC(=O)O)CC[C@H]4[C@@H]32)o1. The molecule has 1 aromatic rings. The van der Waals surface area contributed by atoms with Crippen LogP contribution in [0.15, 0.2) is 28.2 Å². The largest absolute Gasteiger partial charge is 0.481 e. The summed E-state index contributed by atoms with van der Waals surface area (Å²) in [4.78, 5) is 37.5. The average molecular weight is 439 g/mol. The molecule has 0 saturated heterocycles. The van der Waals surface area contributed by atoms with Crippen LogP contribution < -0.4 is 0 Å². The Morgan fingerprint density at radius 2 is 2.00 bits per heavy atom. The van der Waals surface area contributed by atoms with Crippen LogP contribution in [0.2, 0.25) is 0 Å². The van der Waals surface area contributed by atoms with Gasteiger partial charge >= 0.3 is 5.97 Å². The second-order valence-corrected chi connectivity index (χ2v) is 11.3. The van der Waals surface area contributed by atoms with Crippen molar-refractivity contribution in [2.24, 2.45) is 34.5 Å². The maximum atomic E-state index is 13.9. The first kappa shape index (κ1) is 21.7. The molecule has 0 spiro atoms. The molecule has 0 radical (unpaired) electrons. The summed E-state index contributed by atoms with van der Waals surface area (Å²) in [6.45, 7) is 6.41. The number of rotatable bonds is 4. The lowest BCUT2D eigenvalue weighted by molar-refractivity contribution is -0.148. The topological polar surface area (TPSA) is 84.6 Å². The number of carbonyl (C=O) groups excluding carboxylic acids is 2. The first-order valence-electron chi connectivity index (χ1n) is 12.2. The maximum Gasteiger partial charge on any atom is 0.303 e. The van der Waals surface area contributed by atoms with Crippen LogP contribution in [-0.4, -0.2) is 22.6 Å². The molecular weight excluding hydrogens is 404 g/mol. The summed E-state index contributed by atoms with van der Waals surface area (Å²) in [6, 6.07) is 4.05. The monoisotopic (exact) mass is 438 g/mol. The quantitative estimate of drug-likeness (QED) is 0.673. The Labute approximate surface area is 189 Å². The molecule has 1 aromatic heterocycles. The number of hydrogen-bond donors (Lipinski definition) is 1. The number of carboxylic acids is 1. The minimum absolute atomic E-state index is 0.0886. The van der Waals surface area contributed by atoms with E-state index in [0.717, 1.165) is 42.8 Å². The van der Waals surface area contributed by atoms with Crippen molar-refractivity contribution in [3.05, 3.63) is 35.3 Å². The number of furan rings is 1. The van der Waals surface area contributed by atoms with Crippen LogP contribution in [0.5, 0.6) is 0 Å². The molecule has 1 N–H and O–H groups in total. The van der Waals surface area contributed by atoms with Gasteiger partial charge in [0, 0.05) is 31.1 Å². The minimum atomic E-state index is -0.757. The highest BCUT2D eigenvalue weighted by atomic mass is 16.4. The molecule has 5 nitrogen and oxygen atoms in total. The van der Waals surface area contributed by atoms with E-state index in [1.807, 2.05) is 19.1 Å². The van der Waals surface area contributed by atoms with Gasteiger partial charge in [-0.2, -0.15) is 0 Å². The van der Waals surface area contributed by atoms with Crippen molar-refractivity contribution in [3.63, 3.8) is 0 Å². The molecule has 7 atom stereocenters. The number of carbonyl (C=O) groups is 3. The maximum absolute atomic E-state index is 13.9. The van der Waals surface area contributed by atoms with Crippen LogP contribution in [0.3, 0.4) is 0 Å². The lowest BCUT2D eigenvalue weighted by Crippen LogP contribution is -2.57. The van der Waals surface area contributed by atoms with Gasteiger partial charge in [0.2, 0.25) is 0 Å². The van der Waals surface area contributed by atoms with Crippen molar-refractivity contribution in [1.29, 1.82) is 0 Å². The van der Waals surface area contributed by atoms with Crippen LogP contribution in [0.4, 0.5) is 0 Å². The standard InChI is InChI=1S/C27H34O5/c1-15-4-8-22(32-15)19-13-17-12-18(28)10-11-26(17,2)25-21(29)14-27(3)16(6-9-23(30)31)5-7-20(27)24(19)25/h4,8,12,16,19-20,24-25H,5-7,9-11,13-14H2,1-3H3,(H,30,31)/t16-,19+,20+,24+,25?,26+,27-/m1/s1. The molecule has 1 unspecified atom stereocenters. The van der Waals surface area contributed by atoms with E-state index in [9.17, 15) is 19.5 Å². The Bertz CT molecular complexity index is 1000. The Morgan fingerprint density at radius 3 is 2.69 bits per heavy atom. The molecule has 5 rings (SSSR count). The number of aliphatic carboxylic acids is 1. The van der Waals surface area contributed by atoms with Crippen molar-refractivity contribution in [2.75, 3.05) is 0 Å². The minimum Gasteiger partial charge on any atom is -0.481 e. The van der Waals surface area contributed by atoms with Crippen LogP contribution in [0.25, 0.3) is 0 Å². The number of ketones is 2. The molecule has 32 heavy (non-hydrogen) atoms. The van der Waals surface area contributed by atoms with Crippen molar-refractivity contribution in [2.45, 2.75) is 78.1 Å². The van der Waals surface area contributed by atoms with Gasteiger partial charge in [-0.05, 0) is 85.8 Å². The van der Waals surface area contributed by atoms with Crippen LogP contribution in [0, 0.1) is 41.4 Å². The van der Waals surface area contributed by atoms with E-state index >= 15 is 0 Å². The van der Waals surface area contributed by atoms with Crippen molar-refractivity contribution >= 4 is 17.5 Å². The zero-order valence-electron chi connectivity index (χ0n) is 19.4. The molecule has 0 amide bonds. The molecule has 5 heteroatoms. The van der Waals surface area contributed by atoms with E-state index in [2.05, 4.69) is 19.9 Å². The van der Waals surface area contributed by atoms with Gasteiger partial charge in [0.1, 0.15) is 17.3 Å². The Balaban J connectivity index is 1.59. The van der Waals surface area contributed by atoms with Crippen molar-refractivity contribution in [1.82, 2.24) is 0 Å². The molecule has 0 aromatic carbocycles. The van der Waals surface area contributed by atoms with E-state index in [0.29, 0.717) is 31.0 Å². The van der Waals surface area contributed by atoms with E-state index in [-0.39, 0.29) is 46.7 Å². The van der Waals surface area contributed by atoms with E-state index in [4.69, 9.17) is 4.42 Å². The molecule has 172 valence electrons. The van der Waals surface area contributed by atoms with Crippen molar-refractivity contribution < 1.29 is 23.9 Å². The van der Waals surface area contributed by atoms with E-state index < -0.39 is 5.97 Å². The number of allylic oxidation sites excluding steroid dienone is 1. The summed E-state index contributed by atoms with van der Waals surface area (Å²) in [6.07, 6.45) is 7.25. The second kappa shape index (κ2) is 7.43. The van der Waals surface area contributed by atoms with Gasteiger partial charge in [0.15, 0.2) is 5.78 Å². The number of hydrogen-bond acceptors (Lipinski definition) is 4. The highest BCUT2D eigenvalue weighted by Gasteiger charge is 2.64. The first-order valence-corrected chi connectivity index (χ1v) is 12.2. The number of Topliss-reactive ketones (excluding diaryl/α,β-unsaturated/α-hetero) is 1. The van der Waals surface area contributed by atoms with Gasteiger partial charge in [0.05, 0.1) is 0 Å². The van der Waals surface area contributed by atoms with Crippen LogP contribution >= 0.6 is 0 Å². The Kier molecular flexibility index (Phi) is 5.03. The fourth-order valence-electron chi connectivity index (χ4n) is 8.19. The van der Waals surface area contributed by atoms with Crippen molar-refractivity contribution in [3.8, 4) is 0 Å². The second-order valence-electron chi connectivity index (χ2n) is 11.3. The highest BCUT2D eigenvalue weighted by Crippen LogP contribution is 2.68. The number of carboxylic acid groups (broad SMARTS) is 1. The molecule has 3 saturated carbocycles. The lowest BCUT2D eigenvalue weighted by Gasteiger charge is -2.59. The third kappa shape index (κ3) is 3.14. The summed E-state index contributed by atoms with van der Waals surface area (Å²) in [5.74, 6) is 2.34. The van der Waals surface area contributed by atoms with E-state index in [1.165, 1.54) is 0 Å². The van der Waals surface area contributed by atoms with Gasteiger partial charge in [-0.3, -0.25) is 14.4 Å². The average Bonchev–Trinajstić information content (AvgIpc) is 3.28. The highest BCUT2D eigenvalue weighted by molar-refractivity contribution is 5.93. The van der Waals surface area contributed by atoms with Gasteiger partial charge in [-0.15, -0.1) is 0 Å². The Hall–Kier alpha value is -2.17. The smallest absolute Gasteiger partial charge is 0.303 e. The van der Waals surface area contributed by atoms with Crippen LogP contribution in [0.1, 0.15) is 82.7 Å². The van der Waals surface area contributed by atoms with Gasteiger partial charge in [-0.1, -0.05) is 19.4 Å². The molecule has 4 aliphatic rings. The summed E-state index contributed by atoms with van der Waals surface area (Å²) < 4.78 is 6.13. The fourth-order valence-corrected chi connectivity index (χ4v) is 8.19. The lowest BCUT2D eigenvalue weighted by atomic mass is 9.44. The third-order valence-corrected chi connectivity index (χ3v) is 9.74. The Morgan fingerprint density at radius 1 is 1.22 bits per heavy atom. The molecule has 0 bridgehead atoms. The first-order chi connectivity index (χ1) is 15.1. The van der Waals surface area contributed by atoms with Gasteiger partial charge in [0.25, 0.3) is 0 Å². The molecular formula is C27H34O5. The number of aryl methyl sites for hydroxylation is 1. The third-order valence-electron chi connectivity index (χ3n) is 9.74. The molecule has 4 aliphatic carbocycles. The van der Waals surface area contributed by atoms with Gasteiger partial charge in [-0.25, -0.2) is 0 Å². The van der Waals surface area contributed by atoms with Crippen LogP contribution in [-0.2, 0) is 14.4 Å². The summed E-state index contributed by atoms with van der Waals surface area (Å²) >= 11 is 0. The molecule has 3 fully saturated rings. The predicted octanol–water partition coefficient (Wildman–Crippen LogP) is 5.47. The fraction of sp³-hybridized carbons (Fsp3) is 0.667. The number of fused-ring (bicyclic) bond motifs is 5. The zero-order valence-corrected chi connectivity index (χ0v) is 19.4. The van der Waals surface area contributed by atoms with Gasteiger partial charge < -0.3 is 9.52 Å². The summed E-state index contributed by atoms with van der Waals surface area (Å²) in [5, 5.41) is 9.26. The molecule has 0 aliphatic heterocycles. The van der Waals surface area contributed by atoms with E-state index in [1.54, 1.807) is 0 Å². The predicted molar refractivity (Wildman–Crippen MR) is 119 cm³/mol. The summed E-state index contributed by atoms with van der Waals surface area (Å²) in [7, 11) is 0. The summed E-state index contributed by atoms with van der Waals surface area (Å²) in [5.41, 5.74) is 0.718. The molecule has 1 heterocycles.